The number of nitrogens with one attached hydrogen (secondary N) is 3. The lowest BCUT2D eigenvalue weighted by Gasteiger charge is -2.28. The zero-order chi connectivity index (χ0) is 33.6. The molecule has 0 aliphatic heterocycles. The molecule has 0 aliphatic rings. The van der Waals surface area contributed by atoms with Crippen LogP contribution in [0.25, 0.3) is 0 Å². The maximum Gasteiger partial charge on any atom is 0.323 e. The number of aliphatic carboxylic acids is 1. The monoisotopic (exact) mass is 631 g/mol. The van der Waals surface area contributed by atoms with Gasteiger partial charge in [0.25, 0.3) is 5.91 Å². The Morgan fingerprint density at radius 1 is 0.804 bits per heavy atom. The number of methoxy groups -OCH3 is 1. The number of nitrogens with zero attached hydrogens (tertiary/aromatic N) is 2. The largest absolute Gasteiger partial charge is 0.497 e. The Bertz CT molecular complexity index is 1520. The van der Waals surface area contributed by atoms with Crippen LogP contribution in [-0.4, -0.2) is 77.9 Å². The lowest BCUT2D eigenvalue weighted by Crippen LogP contribution is -2.46. The summed E-state index contributed by atoms with van der Waals surface area (Å²) in [7, 11) is 1.46. The maximum atomic E-state index is 13.5. The maximum absolute atomic E-state index is 13.5. The second-order valence-electron chi connectivity index (χ2n) is 11.1. The number of carboxylic acid groups (broad SMARTS) is 1. The number of rotatable bonds is 15. The molecule has 0 fully saturated rings. The van der Waals surface area contributed by atoms with Crippen molar-refractivity contribution >= 4 is 46.8 Å². The molecule has 12 nitrogen and oxygen atoms in total. The molecule has 0 bridgehead atoms. The molecule has 46 heavy (non-hydrogen) atoms. The number of carbonyl (C=O) groups is 5. The van der Waals surface area contributed by atoms with Crippen molar-refractivity contribution in [1.29, 1.82) is 0 Å². The average Bonchev–Trinajstić information content (AvgIpc) is 3.02. The minimum absolute atomic E-state index is 0.190. The van der Waals surface area contributed by atoms with E-state index in [1.165, 1.54) is 23.0 Å². The number of hydrogen-bond acceptors (Lipinski definition) is 6. The summed E-state index contributed by atoms with van der Waals surface area (Å²) in [6, 6.07) is 19.9. The van der Waals surface area contributed by atoms with Gasteiger partial charge >= 0.3 is 12.0 Å². The Kier molecular flexibility index (Phi) is 13.1. The summed E-state index contributed by atoms with van der Waals surface area (Å²) in [5.74, 6) is -1.89. The van der Waals surface area contributed by atoms with Crippen molar-refractivity contribution in [2.45, 2.75) is 33.6 Å². The standard InChI is InChI=1S/C34H41N5O7/c1-23(2)16-18-38(31(41)22-39(19-17-32(42)43)33(44)25-9-7-10-28(20-25)46-4)21-30(40)35-26-12-14-27(15-13-26)36-34(45)37-29-11-6-5-8-24(29)3/h5-15,20,23H,16-19,21-22H2,1-4H3,(H,35,40)(H,42,43)(H2,36,37,45). The van der Waals surface area contributed by atoms with Crippen LogP contribution in [0.1, 0.15) is 42.6 Å². The van der Waals surface area contributed by atoms with Gasteiger partial charge < -0.3 is 35.6 Å². The second kappa shape index (κ2) is 17.2. The van der Waals surface area contributed by atoms with Crippen molar-refractivity contribution in [3.05, 3.63) is 83.9 Å². The lowest BCUT2D eigenvalue weighted by atomic mass is 10.1. The molecule has 0 spiro atoms. The summed E-state index contributed by atoms with van der Waals surface area (Å²) in [4.78, 5) is 66.1. The highest BCUT2D eigenvalue weighted by molar-refractivity contribution is 6.01. The number of para-hydroxylation sites is 1. The number of anilines is 3. The van der Waals surface area contributed by atoms with Crippen LogP contribution in [0, 0.1) is 12.8 Å². The first-order valence-electron chi connectivity index (χ1n) is 14.9. The molecule has 0 saturated carbocycles. The molecule has 3 aromatic carbocycles. The van der Waals surface area contributed by atoms with E-state index in [0.29, 0.717) is 29.2 Å². The number of hydrogen-bond donors (Lipinski definition) is 4. The third kappa shape index (κ3) is 11.3. The average molecular weight is 632 g/mol. The Balaban J connectivity index is 1.65. The first-order chi connectivity index (χ1) is 21.9. The van der Waals surface area contributed by atoms with E-state index >= 15 is 0 Å². The minimum Gasteiger partial charge on any atom is -0.497 e. The highest BCUT2D eigenvalue weighted by atomic mass is 16.5. The fourth-order valence-electron chi connectivity index (χ4n) is 4.40. The van der Waals surface area contributed by atoms with Crippen LogP contribution in [-0.2, 0) is 14.4 Å². The molecule has 0 radical (unpaired) electrons. The molecular weight excluding hydrogens is 590 g/mol. The molecular formula is C34H41N5O7. The summed E-state index contributed by atoms with van der Waals surface area (Å²) >= 11 is 0. The quantitative estimate of drug-likeness (QED) is 0.182. The topological polar surface area (TPSA) is 157 Å². The highest BCUT2D eigenvalue weighted by Gasteiger charge is 2.25. The molecule has 3 aromatic rings. The van der Waals surface area contributed by atoms with Crippen molar-refractivity contribution in [1.82, 2.24) is 9.80 Å². The van der Waals surface area contributed by atoms with Gasteiger partial charge in [-0.1, -0.05) is 38.1 Å². The normalized spacial score (nSPS) is 10.5. The Morgan fingerprint density at radius 3 is 2.11 bits per heavy atom. The van der Waals surface area contributed by atoms with Crippen LogP contribution in [0.15, 0.2) is 72.8 Å². The third-order valence-electron chi connectivity index (χ3n) is 7.01. The Labute approximate surface area is 268 Å². The fourth-order valence-corrected chi connectivity index (χ4v) is 4.40. The van der Waals surface area contributed by atoms with Gasteiger partial charge in [-0.05, 0) is 73.4 Å². The van der Waals surface area contributed by atoms with E-state index in [0.717, 1.165) is 5.56 Å². The molecule has 5 amide bonds. The number of ether oxygens (including phenoxy) is 1. The predicted octanol–water partition coefficient (Wildman–Crippen LogP) is 5.08. The van der Waals surface area contributed by atoms with Crippen LogP contribution >= 0.6 is 0 Å². The summed E-state index contributed by atoms with van der Waals surface area (Å²) in [5.41, 5.74) is 2.83. The Hall–Kier alpha value is -5.39. The lowest BCUT2D eigenvalue weighted by molar-refractivity contribution is -0.138. The smallest absolute Gasteiger partial charge is 0.323 e. The molecule has 12 heteroatoms. The van der Waals surface area contributed by atoms with Gasteiger partial charge in [0, 0.05) is 35.7 Å². The van der Waals surface area contributed by atoms with Gasteiger partial charge in [0.2, 0.25) is 11.8 Å². The molecule has 0 unspecified atom stereocenters. The molecule has 0 saturated heterocycles. The van der Waals surface area contributed by atoms with Gasteiger partial charge in [-0.15, -0.1) is 0 Å². The van der Waals surface area contributed by atoms with Crippen LogP contribution in [0.5, 0.6) is 5.75 Å². The van der Waals surface area contributed by atoms with Crippen molar-refractivity contribution in [2.24, 2.45) is 5.92 Å². The van der Waals surface area contributed by atoms with E-state index < -0.39 is 36.3 Å². The summed E-state index contributed by atoms with van der Waals surface area (Å²) in [6.07, 6.45) is 0.261. The van der Waals surface area contributed by atoms with Crippen LogP contribution in [0.3, 0.4) is 0 Å². The zero-order valence-electron chi connectivity index (χ0n) is 26.5. The fraction of sp³-hybridized carbons (Fsp3) is 0.324. The Morgan fingerprint density at radius 2 is 1.48 bits per heavy atom. The zero-order valence-corrected chi connectivity index (χ0v) is 26.5. The van der Waals surface area contributed by atoms with E-state index in [1.54, 1.807) is 48.5 Å². The van der Waals surface area contributed by atoms with Crippen LogP contribution < -0.4 is 20.7 Å². The second-order valence-corrected chi connectivity index (χ2v) is 11.1. The first kappa shape index (κ1) is 35.1. The van der Waals surface area contributed by atoms with Gasteiger partial charge in [-0.3, -0.25) is 19.2 Å². The SMILES string of the molecule is COc1cccc(C(=O)N(CCC(=O)O)CC(=O)N(CCC(C)C)CC(=O)Nc2ccc(NC(=O)Nc3ccccc3C)cc2)c1. The number of benzene rings is 3. The number of aryl methyl sites for hydroxylation is 1. The van der Waals surface area contributed by atoms with Gasteiger partial charge in [0.05, 0.1) is 20.1 Å². The number of carbonyl (C=O) groups excluding carboxylic acids is 4. The van der Waals surface area contributed by atoms with Gasteiger partial charge in [0.1, 0.15) is 12.3 Å². The van der Waals surface area contributed by atoms with Crippen LogP contribution in [0.4, 0.5) is 21.9 Å². The number of amides is 5. The third-order valence-corrected chi connectivity index (χ3v) is 7.01. The van der Waals surface area contributed by atoms with E-state index in [2.05, 4.69) is 16.0 Å². The highest BCUT2D eigenvalue weighted by Crippen LogP contribution is 2.18. The molecule has 244 valence electrons. The minimum atomic E-state index is -1.11. The van der Waals surface area contributed by atoms with E-state index in [9.17, 15) is 29.1 Å². The molecule has 0 heterocycles. The molecule has 0 aromatic heterocycles. The van der Waals surface area contributed by atoms with E-state index in [-0.39, 0.29) is 37.5 Å². The first-order valence-corrected chi connectivity index (χ1v) is 14.9. The number of urea groups is 1. The molecule has 0 aliphatic carbocycles. The predicted molar refractivity (Wildman–Crippen MR) is 176 cm³/mol. The van der Waals surface area contributed by atoms with Gasteiger partial charge in [-0.2, -0.15) is 0 Å². The van der Waals surface area contributed by atoms with Crippen molar-refractivity contribution in [3.8, 4) is 5.75 Å². The van der Waals surface area contributed by atoms with Crippen molar-refractivity contribution in [2.75, 3.05) is 49.2 Å². The van der Waals surface area contributed by atoms with Crippen molar-refractivity contribution < 1.29 is 33.8 Å². The van der Waals surface area contributed by atoms with E-state index in [1.807, 2.05) is 39.0 Å². The van der Waals surface area contributed by atoms with Crippen molar-refractivity contribution in [3.63, 3.8) is 0 Å². The van der Waals surface area contributed by atoms with Gasteiger partial charge in [0.15, 0.2) is 0 Å². The summed E-state index contributed by atoms with van der Waals surface area (Å²) < 4.78 is 5.19. The van der Waals surface area contributed by atoms with Crippen LogP contribution in [0.2, 0.25) is 0 Å². The van der Waals surface area contributed by atoms with E-state index in [4.69, 9.17) is 4.74 Å². The number of carboxylic acids is 1. The summed E-state index contributed by atoms with van der Waals surface area (Å²) in [5, 5.41) is 17.5. The molecule has 3 rings (SSSR count). The molecule has 0 atom stereocenters. The summed E-state index contributed by atoms with van der Waals surface area (Å²) in [6.45, 7) is 5.27. The van der Waals surface area contributed by atoms with Gasteiger partial charge in [-0.25, -0.2) is 4.79 Å². The molecule has 4 N–H and O–H groups in total.